The Bertz CT molecular complexity index is 822. The molecule has 3 rings (SSSR count). The first kappa shape index (κ1) is 19.0. The fourth-order valence-electron chi connectivity index (χ4n) is 2.91. The summed E-state index contributed by atoms with van der Waals surface area (Å²) in [6.07, 6.45) is 1.24. The summed E-state index contributed by atoms with van der Waals surface area (Å²) >= 11 is 0. The molecule has 1 saturated heterocycles. The van der Waals surface area contributed by atoms with Crippen LogP contribution in [-0.4, -0.2) is 51.4 Å². The van der Waals surface area contributed by atoms with Crippen molar-refractivity contribution in [2.45, 2.75) is 33.6 Å². The van der Waals surface area contributed by atoms with Crippen molar-refractivity contribution in [2.24, 2.45) is 5.92 Å². The summed E-state index contributed by atoms with van der Waals surface area (Å²) < 4.78 is 11.8. The smallest absolute Gasteiger partial charge is 0.309 e. The highest BCUT2D eigenvalue weighted by Gasteiger charge is 2.24. The molecule has 1 amide bonds. The normalized spacial score (nSPS) is 14.8. The number of carbonyl (C=O) groups is 2. The van der Waals surface area contributed by atoms with Crippen molar-refractivity contribution in [3.05, 3.63) is 29.2 Å². The molecule has 0 radical (unpaired) electrons. The van der Waals surface area contributed by atoms with E-state index in [-0.39, 0.29) is 18.5 Å². The first-order chi connectivity index (χ1) is 12.9. The van der Waals surface area contributed by atoms with E-state index in [1.807, 2.05) is 19.9 Å². The quantitative estimate of drug-likeness (QED) is 0.791. The Morgan fingerprint density at radius 2 is 1.81 bits per heavy atom. The molecule has 0 spiro atoms. The van der Waals surface area contributed by atoms with Gasteiger partial charge in [-0.15, -0.1) is 0 Å². The zero-order valence-corrected chi connectivity index (χ0v) is 15.7. The molecule has 0 atom stereocenters. The summed E-state index contributed by atoms with van der Waals surface area (Å²) in [5, 5.41) is 7.05. The first-order valence-electron chi connectivity index (χ1n) is 8.86. The molecule has 2 aromatic rings. The molecule has 0 saturated carbocycles. The molecule has 144 valence electrons. The number of hydrogen-bond donors (Lipinski definition) is 1. The topological polar surface area (TPSA) is 108 Å². The number of esters is 1. The average molecular weight is 373 g/mol. The maximum absolute atomic E-state index is 12.2. The van der Waals surface area contributed by atoms with Crippen LogP contribution in [0.5, 0.6) is 0 Å². The van der Waals surface area contributed by atoms with Crippen LogP contribution < -0.4 is 5.32 Å². The van der Waals surface area contributed by atoms with Crippen LogP contribution in [0.15, 0.2) is 12.1 Å². The number of aromatic nitrogens is 4. The van der Waals surface area contributed by atoms with Crippen LogP contribution in [0.2, 0.25) is 0 Å². The second-order valence-corrected chi connectivity index (χ2v) is 6.58. The van der Waals surface area contributed by atoms with Gasteiger partial charge in [0.1, 0.15) is 5.82 Å². The van der Waals surface area contributed by atoms with Gasteiger partial charge in [-0.25, -0.2) is 9.97 Å². The monoisotopic (exact) mass is 373 g/mol. The van der Waals surface area contributed by atoms with Crippen LogP contribution in [0.3, 0.4) is 0 Å². The number of ether oxygens (including phenoxy) is 2. The van der Waals surface area contributed by atoms with Gasteiger partial charge in [0.2, 0.25) is 0 Å². The van der Waals surface area contributed by atoms with E-state index in [9.17, 15) is 9.59 Å². The van der Waals surface area contributed by atoms with Gasteiger partial charge in [0.15, 0.2) is 6.61 Å². The van der Waals surface area contributed by atoms with Gasteiger partial charge in [0.05, 0.1) is 11.6 Å². The first-order valence-corrected chi connectivity index (χ1v) is 8.86. The van der Waals surface area contributed by atoms with Gasteiger partial charge in [-0.05, 0) is 39.7 Å². The number of carbonyl (C=O) groups excluding carboxylic acids is 2. The molecular weight excluding hydrogens is 350 g/mol. The maximum Gasteiger partial charge on any atom is 0.309 e. The number of nitrogens with one attached hydrogen (secondary N) is 1. The van der Waals surface area contributed by atoms with Gasteiger partial charge in [0, 0.05) is 30.7 Å². The zero-order chi connectivity index (χ0) is 19.4. The standard InChI is InChI=1S/C18H23N5O4/c1-11-8-12(2)20-18(19-11)23-15(9-13(3)22-23)21-16(24)10-27-17(25)14-4-6-26-7-5-14/h8-9,14H,4-7,10H2,1-3H3,(H,21,24). The predicted octanol–water partition coefficient (Wildman–Crippen LogP) is 1.50. The van der Waals surface area contributed by atoms with Crippen molar-refractivity contribution >= 4 is 17.7 Å². The fraction of sp³-hybridized carbons (Fsp3) is 0.500. The lowest BCUT2D eigenvalue weighted by molar-refractivity contribution is -0.154. The van der Waals surface area contributed by atoms with Gasteiger partial charge in [-0.1, -0.05) is 0 Å². The molecule has 1 N–H and O–H groups in total. The van der Waals surface area contributed by atoms with E-state index < -0.39 is 5.91 Å². The number of rotatable bonds is 5. The molecule has 0 bridgehead atoms. The Morgan fingerprint density at radius 1 is 1.15 bits per heavy atom. The van der Waals surface area contributed by atoms with Gasteiger partial charge in [-0.2, -0.15) is 9.78 Å². The molecule has 1 aliphatic heterocycles. The summed E-state index contributed by atoms with van der Waals surface area (Å²) in [5.74, 6) is -0.223. The second-order valence-electron chi connectivity index (χ2n) is 6.58. The van der Waals surface area contributed by atoms with Crippen LogP contribution in [-0.2, 0) is 19.1 Å². The van der Waals surface area contributed by atoms with E-state index in [0.29, 0.717) is 43.5 Å². The molecule has 3 heterocycles. The minimum absolute atomic E-state index is 0.206. The second kappa shape index (κ2) is 8.26. The SMILES string of the molecule is Cc1cc(C)nc(-n2nc(C)cc2NC(=O)COC(=O)C2CCOCC2)n1. The third-order valence-electron chi connectivity index (χ3n) is 4.16. The van der Waals surface area contributed by atoms with E-state index in [1.54, 1.807) is 13.0 Å². The van der Waals surface area contributed by atoms with Gasteiger partial charge in [0.25, 0.3) is 11.9 Å². The molecule has 2 aromatic heterocycles. The molecule has 1 fully saturated rings. The lowest BCUT2D eigenvalue weighted by Gasteiger charge is -2.20. The van der Waals surface area contributed by atoms with Gasteiger partial charge in [-0.3, -0.25) is 9.59 Å². The van der Waals surface area contributed by atoms with Crippen molar-refractivity contribution in [1.29, 1.82) is 0 Å². The number of anilines is 1. The Kier molecular flexibility index (Phi) is 5.80. The van der Waals surface area contributed by atoms with Crippen molar-refractivity contribution in [3.8, 4) is 5.95 Å². The Balaban J connectivity index is 1.65. The van der Waals surface area contributed by atoms with E-state index in [1.165, 1.54) is 4.68 Å². The number of hydrogen-bond acceptors (Lipinski definition) is 7. The van der Waals surface area contributed by atoms with Crippen LogP contribution in [0.4, 0.5) is 5.82 Å². The lowest BCUT2D eigenvalue weighted by atomic mass is 10.0. The molecule has 9 heteroatoms. The van der Waals surface area contributed by atoms with E-state index in [0.717, 1.165) is 11.4 Å². The largest absolute Gasteiger partial charge is 0.455 e. The molecule has 27 heavy (non-hydrogen) atoms. The summed E-state index contributed by atoms with van der Waals surface area (Å²) in [4.78, 5) is 33.0. The molecular formula is C18H23N5O4. The summed E-state index contributed by atoms with van der Waals surface area (Å²) in [5.41, 5.74) is 2.30. The maximum atomic E-state index is 12.2. The fourth-order valence-corrected chi connectivity index (χ4v) is 2.91. The van der Waals surface area contributed by atoms with Crippen LogP contribution in [0.1, 0.15) is 29.9 Å². The summed E-state index contributed by atoms with van der Waals surface area (Å²) in [7, 11) is 0. The van der Waals surface area contributed by atoms with Crippen molar-refractivity contribution in [2.75, 3.05) is 25.1 Å². The van der Waals surface area contributed by atoms with Crippen molar-refractivity contribution < 1.29 is 19.1 Å². The van der Waals surface area contributed by atoms with Crippen molar-refractivity contribution in [3.63, 3.8) is 0 Å². The zero-order valence-electron chi connectivity index (χ0n) is 15.7. The summed E-state index contributed by atoms with van der Waals surface area (Å²) in [6.45, 7) is 6.26. The van der Waals surface area contributed by atoms with E-state index in [2.05, 4.69) is 20.4 Å². The van der Waals surface area contributed by atoms with Crippen LogP contribution >= 0.6 is 0 Å². The van der Waals surface area contributed by atoms with Gasteiger partial charge < -0.3 is 14.8 Å². The van der Waals surface area contributed by atoms with E-state index >= 15 is 0 Å². The number of amides is 1. The number of nitrogens with zero attached hydrogens (tertiary/aromatic N) is 4. The molecule has 0 unspecified atom stereocenters. The number of aryl methyl sites for hydroxylation is 3. The predicted molar refractivity (Wildman–Crippen MR) is 96.5 cm³/mol. The molecule has 0 aliphatic carbocycles. The van der Waals surface area contributed by atoms with Crippen LogP contribution in [0, 0.1) is 26.7 Å². The third kappa shape index (κ3) is 4.88. The molecule has 9 nitrogen and oxygen atoms in total. The highest BCUT2D eigenvalue weighted by atomic mass is 16.5. The Labute approximate surface area is 157 Å². The summed E-state index contributed by atoms with van der Waals surface area (Å²) in [6, 6.07) is 3.56. The van der Waals surface area contributed by atoms with Crippen molar-refractivity contribution in [1.82, 2.24) is 19.7 Å². The highest BCUT2D eigenvalue weighted by Crippen LogP contribution is 2.17. The molecule has 1 aliphatic rings. The lowest BCUT2D eigenvalue weighted by Crippen LogP contribution is -2.29. The minimum Gasteiger partial charge on any atom is -0.455 e. The minimum atomic E-state index is -0.444. The van der Waals surface area contributed by atoms with Gasteiger partial charge >= 0.3 is 5.97 Å². The van der Waals surface area contributed by atoms with Crippen LogP contribution in [0.25, 0.3) is 5.95 Å². The Hall–Kier alpha value is -2.81. The van der Waals surface area contributed by atoms with E-state index in [4.69, 9.17) is 9.47 Å². The average Bonchev–Trinajstić information content (AvgIpc) is 3.00. The molecule has 0 aromatic carbocycles. The Morgan fingerprint density at radius 3 is 2.48 bits per heavy atom. The third-order valence-corrected chi connectivity index (χ3v) is 4.16. The highest BCUT2D eigenvalue weighted by molar-refractivity contribution is 5.92.